The van der Waals surface area contributed by atoms with Gasteiger partial charge in [0, 0.05) is 23.9 Å². The van der Waals surface area contributed by atoms with Gasteiger partial charge in [0.1, 0.15) is 0 Å². The number of H-pyrrole nitrogens is 1. The molecule has 1 atom stereocenters. The van der Waals surface area contributed by atoms with E-state index in [1.165, 1.54) is 0 Å². The highest BCUT2D eigenvalue weighted by Crippen LogP contribution is 2.28. The van der Waals surface area contributed by atoms with Gasteiger partial charge in [0.25, 0.3) is 0 Å². The Morgan fingerprint density at radius 3 is 2.93 bits per heavy atom. The molecule has 2 N–H and O–H groups in total. The molecule has 2 rings (SSSR count). The number of aromatic nitrogens is 1. The molecule has 0 bridgehead atoms. The molecule has 4 heteroatoms. The molecular weight excluding hydrogens is 194 g/mol. The normalized spacial score (nSPS) is 17.3. The average Bonchev–Trinajstić information content (AvgIpc) is 2.61. The second-order valence-electron chi connectivity index (χ2n) is 3.93. The van der Waals surface area contributed by atoms with Gasteiger partial charge in [0.15, 0.2) is 5.78 Å². The van der Waals surface area contributed by atoms with Gasteiger partial charge in [-0.15, -0.1) is 0 Å². The van der Waals surface area contributed by atoms with Crippen LogP contribution in [0.5, 0.6) is 0 Å². The van der Waals surface area contributed by atoms with Crippen LogP contribution in [0.1, 0.15) is 47.3 Å². The Labute approximate surface area is 87.3 Å². The zero-order valence-electron chi connectivity index (χ0n) is 8.54. The Hall–Kier alpha value is -1.58. The van der Waals surface area contributed by atoms with Gasteiger partial charge in [-0.2, -0.15) is 0 Å². The van der Waals surface area contributed by atoms with Gasteiger partial charge in [0.2, 0.25) is 0 Å². The van der Waals surface area contributed by atoms with Crippen LogP contribution in [0, 0.1) is 0 Å². The lowest BCUT2D eigenvalue weighted by molar-refractivity contribution is -0.138. The van der Waals surface area contributed by atoms with E-state index in [2.05, 4.69) is 4.98 Å². The van der Waals surface area contributed by atoms with Crippen LogP contribution in [-0.2, 0) is 11.2 Å². The summed E-state index contributed by atoms with van der Waals surface area (Å²) in [5, 5.41) is 8.92. The van der Waals surface area contributed by atoms with E-state index in [0.29, 0.717) is 17.5 Å². The molecule has 15 heavy (non-hydrogen) atoms. The van der Waals surface area contributed by atoms with Gasteiger partial charge < -0.3 is 10.1 Å². The number of fused-ring (bicyclic) bond motifs is 1. The molecule has 1 aliphatic rings. The van der Waals surface area contributed by atoms with Crippen LogP contribution in [0.3, 0.4) is 0 Å². The lowest BCUT2D eigenvalue weighted by Crippen LogP contribution is -2.15. The Kier molecular flexibility index (Phi) is 2.34. The summed E-state index contributed by atoms with van der Waals surface area (Å²) in [5.74, 6) is -1.44. The molecule has 0 spiro atoms. The van der Waals surface area contributed by atoms with Crippen LogP contribution >= 0.6 is 0 Å². The van der Waals surface area contributed by atoms with Crippen LogP contribution in [0.15, 0.2) is 6.20 Å². The highest BCUT2D eigenvalue weighted by atomic mass is 16.4. The number of aryl methyl sites for hydroxylation is 1. The monoisotopic (exact) mass is 207 g/mol. The molecule has 1 aromatic heterocycles. The fourth-order valence-corrected chi connectivity index (χ4v) is 2.04. The number of carboxylic acids is 1. The Balaban J connectivity index is 2.46. The first kappa shape index (κ1) is 9.96. The molecule has 0 amide bonds. The third-order valence-corrected chi connectivity index (χ3v) is 2.94. The molecule has 0 aromatic carbocycles. The smallest absolute Gasteiger partial charge is 0.310 e. The first-order valence-electron chi connectivity index (χ1n) is 5.07. The van der Waals surface area contributed by atoms with Crippen molar-refractivity contribution in [1.82, 2.24) is 4.98 Å². The van der Waals surface area contributed by atoms with Gasteiger partial charge in [-0.3, -0.25) is 9.59 Å². The van der Waals surface area contributed by atoms with Gasteiger partial charge in [-0.25, -0.2) is 0 Å². The van der Waals surface area contributed by atoms with Crippen molar-refractivity contribution >= 4 is 11.8 Å². The zero-order valence-corrected chi connectivity index (χ0v) is 8.54. The standard InChI is InChI=1S/C11H13NO3/c1-6(11(14)15)7-5-12-8-3-2-4-9(13)10(7)8/h5-6,12H,2-4H2,1H3,(H,14,15). The predicted molar refractivity (Wildman–Crippen MR) is 54.1 cm³/mol. The molecule has 0 radical (unpaired) electrons. The minimum absolute atomic E-state index is 0.0700. The number of nitrogens with one attached hydrogen (secondary N) is 1. The molecule has 0 saturated heterocycles. The summed E-state index contributed by atoms with van der Waals surface area (Å²) in [4.78, 5) is 25.6. The molecule has 1 heterocycles. The highest BCUT2D eigenvalue weighted by Gasteiger charge is 2.27. The van der Waals surface area contributed by atoms with Crippen LogP contribution in [-0.4, -0.2) is 21.8 Å². The summed E-state index contributed by atoms with van der Waals surface area (Å²) in [6.07, 6.45) is 3.89. The third-order valence-electron chi connectivity index (χ3n) is 2.94. The van der Waals surface area contributed by atoms with Crippen molar-refractivity contribution < 1.29 is 14.7 Å². The van der Waals surface area contributed by atoms with E-state index in [0.717, 1.165) is 18.5 Å². The van der Waals surface area contributed by atoms with Crippen molar-refractivity contribution in [3.05, 3.63) is 23.0 Å². The van der Waals surface area contributed by atoms with Crippen LogP contribution in [0.25, 0.3) is 0 Å². The van der Waals surface area contributed by atoms with Gasteiger partial charge in [0.05, 0.1) is 5.92 Å². The van der Waals surface area contributed by atoms with Crippen molar-refractivity contribution in [3.63, 3.8) is 0 Å². The lowest BCUT2D eigenvalue weighted by Gasteiger charge is -2.13. The highest BCUT2D eigenvalue weighted by molar-refractivity contribution is 6.00. The maximum atomic E-state index is 11.7. The summed E-state index contributed by atoms with van der Waals surface area (Å²) >= 11 is 0. The molecule has 0 aliphatic heterocycles. The summed E-state index contributed by atoms with van der Waals surface area (Å²) in [7, 11) is 0. The van der Waals surface area contributed by atoms with E-state index >= 15 is 0 Å². The van der Waals surface area contributed by atoms with Gasteiger partial charge in [-0.05, 0) is 25.3 Å². The molecule has 1 unspecified atom stereocenters. The molecular formula is C11H13NO3. The fraction of sp³-hybridized carbons (Fsp3) is 0.455. The first-order chi connectivity index (χ1) is 7.11. The quantitative estimate of drug-likeness (QED) is 0.775. The van der Waals surface area contributed by atoms with Crippen LogP contribution in [0.2, 0.25) is 0 Å². The number of Topliss-reactive ketones (excluding diaryl/α,β-unsaturated/α-hetero) is 1. The predicted octanol–water partition coefficient (Wildman–Crippen LogP) is 1.72. The molecule has 4 nitrogen and oxygen atoms in total. The van der Waals surface area contributed by atoms with Crippen molar-refractivity contribution in [2.75, 3.05) is 0 Å². The first-order valence-corrected chi connectivity index (χ1v) is 5.07. The van der Waals surface area contributed by atoms with E-state index in [9.17, 15) is 9.59 Å². The lowest BCUT2D eigenvalue weighted by atomic mass is 9.89. The maximum absolute atomic E-state index is 11.7. The zero-order chi connectivity index (χ0) is 11.0. The summed E-state index contributed by atoms with van der Waals surface area (Å²) in [6.45, 7) is 1.60. The van der Waals surface area contributed by atoms with Crippen LogP contribution in [0.4, 0.5) is 0 Å². The summed E-state index contributed by atoms with van der Waals surface area (Å²) < 4.78 is 0. The van der Waals surface area contributed by atoms with E-state index in [-0.39, 0.29) is 5.78 Å². The second kappa shape index (κ2) is 3.53. The van der Waals surface area contributed by atoms with E-state index in [1.54, 1.807) is 13.1 Å². The number of rotatable bonds is 2. The molecule has 1 aliphatic carbocycles. The molecule has 80 valence electrons. The Morgan fingerprint density at radius 2 is 2.27 bits per heavy atom. The number of carboxylic acid groups (broad SMARTS) is 1. The summed E-state index contributed by atoms with van der Waals surface area (Å²) in [6, 6.07) is 0. The van der Waals surface area contributed by atoms with Crippen LogP contribution < -0.4 is 0 Å². The average molecular weight is 207 g/mol. The van der Waals surface area contributed by atoms with E-state index in [1.807, 2.05) is 0 Å². The third kappa shape index (κ3) is 1.56. The SMILES string of the molecule is CC(C(=O)O)c1c[nH]c2c1C(=O)CCC2. The minimum atomic E-state index is -0.893. The van der Waals surface area contributed by atoms with Crippen molar-refractivity contribution in [1.29, 1.82) is 0 Å². The Morgan fingerprint density at radius 1 is 1.53 bits per heavy atom. The number of hydrogen-bond acceptors (Lipinski definition) is 2. The number of hydrogen-bond donors (Lipinski definition) is 2. The summed E-state index contributed by atoms with van der Waals surface area (Å²) in [5.41, 5.74) is 2.15. The maximum Gasteiger partial charge on any atom is 0.310 e. The minimum Gasteiger partial charge on any atom is -0.481 e. The van der Waals surface area contributed by atoms with Gasteiger partial charge >= 0.3 is 5.97 Å². The number of aromatic amines is 1. The number of aliphatic carboxylic acids is 1. The number of carbonyl (C=O) groups is 2. The van der Waals surface area contributed by atoms with Crippen molar-refractivity contribution in [2.45, 2.75) is 32.1 Å². The molecule has 1 aromatic rings. The number of ketones is 1. The van der Waals surface area contributed by atoms with Crippen molar-refractivity contribution in [2.24, 2.45) is 0 Å². The largest absolute Gasteiger partial charge is 0.481 e. The second-order valence-corrected chi connectivity index (χ2v) is 3.93. The molecule has 0 fully saturated rings. The topological polar surface area (TPSA) is 70.2 Å². The number of carbonyl (C=O) groups excluding carboxylic acids is 1. The fourth-order valence-electron chi connectivity index (χ4n) is 2.04. The van der Waals surface area contributed by atoms with E-state index < -0.39 is 11.9 Å². The molecule has 0 saturated carbocycles. The van der Waals surface area contributed by atoms with Crippen molar-refractivity contribution in [3.8, 4) is 0 Å². The van der Waals surface area contributed by atoms with Gasteiger partial charge in [-0.1, -0.05) is 0 Å². The van der Waals surface area contributed by atoms with E-state index in [4.69, 9.17) is 5.11 Å². The Bertz CT molecular complexity index is 419.